The van der Waals surface area contributed by atoms with Gasteiger partial charge < -0.3 is 20.9 Å². The molecule has 1 aliphatic rings. The quantitative estimate of drug-likeness (QED) is 0.548. The van der Waals surface area contributed by atoms with E-state index in [2.05, 4.69) is 41.1 Å². The van der Waals surface area contributed by atoms with Crippen molar-refractivity contribution in [2.45, 2.75) is 25.8 Å². The molecule has 1 fully saturated rings. The summed E-state index contributed by atoms with van der Waals surface area (Å²) in [4.78, 5) is 26.8. The van der Waals surface area contributed by atoms with Crippen molar-refractivity contribution < 1.29 is 4.79 Å². The van der Waals surface area contributed by atoms with E-state index in [9.17, 15) is 4.79 Å². The maximum Gasteiger partial charge on any atom is 0.274 e. The molecule has 3 aromatic rings. The smallest absolute Gasteiger partial charge is 0.274 e. The number of nitrogens with one attached hydrogen (secondary N) is 2. The number of rotatable bonds is 3. The first kappa shape index (κ1) is 20.6. The molecule has 0 aromatic carbocycles. The lowest BCUT2D eigenvalue weighted by atomic mass is 10.1. The largest absolute Gasteiger partial charge is 0.368 e. The highest BCUT2D eigenvalue weighted by atomic mass is 79.9. The number of carbonyl (C=O) groups excluding carboxylic acids is 1. The summed E-state index contributed by atoms with van der Waals surface area (Å²) in [5, 5.41) is 3.86. The number of H-pyrrole nitrogens is 1. The number of carbonyl (C=O) groups is 1. The SMILES string of the molecule is Cc1cccnc1C(=O)Nc1c[nH]c2ncc(Br)c(N3CCC[C@@H](N)C3)c12.Cl. The summed E-state index contributed by atoms with van der Waals surface area (Å²) in [7, 11) is 0. The number of hydrogen-bond acceptors (Lipinski definition) is 5. The number of hydrogen-bond donors (Lipinski definition) is 3. The van der Waals surface area contributed by atoms with Crippen LogP contribution in [0.2, 0.25) is 0 Å². The average molecular weight is 466 g/mol. The standard InChI is InChI=1S/C19H21BrN6O.ClH/c1-11-4-2-6-22-16(11)19(27)25-14-9-24-18-15(14)17(13(20)8-23-18)26-7-3-5-12(21)10-26;/h2,4,6,8-9,12H,3,5,7,10,21H2,1H3,(H,23,24)(H,25,27);1H/t12-;/m1./s1. The van der Waals surface area contributed by atoms with Crippen molar-refractivity contribution in [3.8, 4) is 0 Å². The second-order valence-electron chi connectivity index (χ2n) is 6.85. The lowest BCUT2D eigenvalue weighted by Gasteiger charge is -2.33. The molecule has 1 amide bonds. The molecule has 1 aliphatic heterocycles. The first-order valence-electron chi connectivity index (χ1n) is 8.93. The number of aryl methyl sites for hydroxylation is 1. The number of anilines is 2. The van der Waals surface area contributed by atoms with Gasteiger partial charge in [-0.25, -0.2) is 4.98 Å². The molecule has 0 radical (unpaired) electrons. The van der Waals surface area contributed by atoms with Crippen LogP contribution in [-0.2, 0) is 0 Å². The Morgan fingerprint density at radius 2 is 2.25 bits per heavy atom. The van der Waals surface area contributed by atoms with E-state index in [-0.39, 0.29) is 24.4 Å². The second-order valence-corrected chi connectivity index (χ2v) is 7.71. The number of piperidine rings is 1. The summed E-state index contributed by atoms with van der Waals surface area (Å²) in [5.41, 5.74) is 9.84. The van der Waals surface area contributed by atoms with Crippen LogP contribution in [0, 0.1) is 6.92 Å². The fraction of sp³-hybridized carbons (Fsp3) is 0.316. The Bertz CT molecular complexity index is 1010. The lowest BCUT2D eigenvalue weighted by Crippen LogP contribution is -2.43. The Hall–Kier alpha value is -2.16. The van der Waals surface area contributed by atoms with Crippen LogP contribution < -0.4 is 16.0 Å². The number of aromatic nitrogens is 3. The molecule has 1 atom stereocenters. The van der Waals surface area contributed by atoms with Crippen LogP contribution in [0.25, 0.3) is 11.0 Å². The summed E-state index contributed by atoms with van der Waals surface area (Å²) in [5.74, 6) is -0.240. The van der Waals surface area contributed by atoms with Crippen LogP contribution in [0.1, 0.15) is 28.9 Å². The van der Waals surface area contributed by atoms with E-state index in [4.69, 9.17) is 5.73 Å². The first-order valence-corrected chi connectivity index (χ1v) is 9.73. The Morgan fingerprint density at radius 1 is 1.43 bits per heavy atom. The zero-order valence-electron chi connectivity index (χ0n) is 15.4. The minimum Gasteiger partial charge on any atom is -0.368 e. The highest BCUT2D eigenvalue weighted by Gasteiger charge is 2.24. The van der Waals surface area contributed by atoms with Crippen molar-refractivity contribution in [1.82, 2.24) is 15.0 Å². The normalized spacial score (nSPS) is 16.7. The number of nitrogens with two attached hydrogens (primary N) is 1. The van der Waals surface area contributed by atoms with Crippen LogP contribution in [0.4, 0.5) is 11.4 Å². The van der Waals surface area contributed by atoms with E-state index in [1.807, 2.05) is 19.1 Å². The Labute approximate surface area is 177 Å². The third kappa shape index (κ3) is 3.85. The van der Waals surface area contributed by atoms with Gasteiger partial charge in [0.25, 0.3) is 5.91 Å². The molecule has 1 saturated heterocycles. The summed E-state index contributed by atoms with van der Waals surface area (Å²) < 4.78 is 0.883. The number of amides is 1. The van der Waals surface area contributed by atoms with E-state index >= 15 is 0 Å². The van der Waals surface area contributed by atoms with Crippen molar-refractivity contribution in [1.29, 1.82) is 0 Å². The van der Waals surface area contributed by atoms with Gasteiger partial charge in [-0.1, -0.05) is 6.07 Å². The third-order valence-electron chi connectivity index (χ3n) is 4.88. The molecule has 9 heteroatoms. The van der Waals surface area contributed by atoms with Gasteiger partial charge in [0.15, 0.2) is 0 Å². The number of pyridine rings is 2. The summed E-state index contributed by atoms with van der Waals surface area (Å²) >= 11 is 3.63. The molecule has 4 heterocycles. The molecule has 3 aromatic heterocycles. The number of aromatic amines is 1. The topological polar surface area (TPSA) is 99.9 Å². The van der Waals surface area contributed by atoms with Crippen molar-refractivity contribution in [3.63, 3.8) is 0 Å². The number of nitrogens with zero attached hydrogens (tertiary/aromatic N) is 3. The number of fused-ring (bicyclic) bond motifs is 1. The molecule has 0 aliphatic carbocycles. The third-order valence-corrected chi connectivity index (χ3v) is 5.46. The molecular weight excluding hydrogens is 444 g/mol. The van der Waals surface area contributed by atoms with Crippen LogP contribution in [0.3, 0.4) is 0 Å². The molecule has 28 heavy (non-hydrogen) atoms. The Morgan fingerprint density at radius 3 is 3.00 bits per heavy atom. The van der Waals surface area contributed by atoms with Crippen molar-refractivity contribution >= 4 is 56.7 Å². The lowest BCUT2D eigenvalue weighted by molar-refractivity contribution is 0.102. The van der Waals surface area contributed by atoms with Gasteiger partial charge >= 0.3 is 0 Å². The fourth-order valence-corrected chi connectivity index (χ4v) is 4.13. The van der Waals surface area contributed by atoms with Crippen LogP contribution in [0.15, 0.2) is 35.2 Å². The average Bonchev–Trinajstić information content (AvgIpc) is 3.04. The zero-order valence-corrected chi connectivity index (χ0v) is 17.8. The Balaban J connectivity index is 0.00000225. The molecule has 4 N–H and O–H groups in total. The van der Waals surface area contributed by atoms with Gasteiger partial charge in [0.05, 0.1) is 21.2 Å². The summed E-state index contributed by atoms with van der Waals surface area (Å²) in [6.07, 6.45) is 7.24. The van der Waals surface area contributed by atoms with E-state index in [0.29, 0.717) is 11.4 Å². The predicted molar refractivity (Wildman–Crippen MR) is 117 cm³/mol. The van der Waals surface area contributed by atoms with Gasteiger partial charge in [0.1, 0.15) is 11.3 Å². The van der Waals surface area contributed by atoms with Gasteiger partial charge in [-0.15, -0.1) is 12.4 Å². The molecule has 7 nitrogen and oxygen atoms in total. The fourth-order valence-electron chi connectivity index (χ4n) is 3.58. The van der Waals surface area contributed by atoms with Crippen LogP contribution >= 0.6 is 28.3 Å². The molecule has 148 valence electrons. The van der Waals surface area contributed by atoms with E-state index in [0.717, 1.165) is 52.7 Å². The highest BCUT2D eigenvalue weighted by Crippen LogP contribution is 2.38. The van der Waals surface area contributed by atoms with E-state index in [1.165, 1.54) is 0 Å². The summed E-state index contributed by atoms with van der Waals surface area (Å²) in [6, 6.07) is 3.83. The molecule has 4 rings (SSSR count). The molecule has 0 spiro atoms. The minimum atomic E-state index is -0.240. The molecule has 0 bridgehead atoms. The molecular formula is C19H22BrClN6O. The Kier molecular flexibility index (Phi) is 6.22. The molecule has 0 unspecified atom stereocenters. The van der Waals surface area contributed by atoms with E-state index in [1.54, 1.807) is 18.6 Å². The number of halogens is 2. The maximum absolute atomic E-state index is 12.7. The second kappa shape index (κ2) is 8.46. The maximum atomic E-state index is 12.7. The van der Waals surface area contributed by atoms with Crippen LogP contribution in [0.5, 0.6) is 0 Å². The first-order chi connectivity index (χ1) is 13.0. The van der Waals surface area contributed by atoms with Crippen LogP contribution in [-0.4, -0.2) is 40.0 Å². The predicted octanol–water partition coefficient (Wildman–Crippen LogP) is 3.63. The van der Waals surface area contributed by atoms with Gasteiger partial charge in [-0.2, -0.15) is 0 Å². The monoisotopic (exact) mass is 464 g/mol. The van der Waals surface area contributed by atoms with Gasteiger partial charge in [-0.05, 0) is 47.3 Å². The zero-order chi connectivity index (χ0) is 19.0. The van der Waals surface area contributed by atoms with Crippen molar-refractivity contribution in [2.24, 2.45) is 5.73 Å². The minimum absolute atomic E-state index is 0. The van der Waals surface area contributed by atoms with Crippen molar-refractivity contribution in [3.05, 3.63) is 46.5 Å². The highest BCUT2D eigenvalue weighted by molar-refractivity contribution is 9.10. The molecule has 0 saturated carbocycles. The van der Waals surface area contributed by atoms with E-state index < -0.39 is 0 Å². The summed E-state index contributed by atoms with van der Waals surface area (Å²) in [6.45, 7) is 3.56. The van der Waals surface area contributed by atoms with Gasteiger partial charge in [-0.3, -0.25) is 9.78 Å². The van der Waals surface area contributed by atoms with Gasteiger partial charge in [0.2, 0.25) is 0 Å². The van der Waals surface area contributed by atoms with Crippen molar-refractivity contribution in [2.75, 3.05) is 23.3 Å². The van der Waals surface area contributed by atoms with Gasteiger partial charge in [0, 0.05) is 37.7 Å².